The lowest BCUT2D eigenvalue weighted by Crippen LogP contribution is -2.54. The second-order valence-electron chi connectivity index (χ2n) is 6.65. The Kier molecular flexibility index (Phi) is 5.04. The molecule has 0 aromatic heterocycles. The lowest BCUT2D eigenvalue weighted by Gasteiger charge is -2.32. The molecule has 1 amide bonds. The fourth-order valence-corrected chi connectivity index (χ4v) is 3.43. The van der Waals surface area contributed by atoms with Crippen LogP contribution in [0.3, 0.4) is 0 Å². The van der Waals surface area contributed by atoms with Crippen molar-refractivity contribution in [1.82, 2.24) is 4.90 Å². The number of hydrogen-bond donors (Lipinski definition) is 1. The van der Waals surface area contributed by atoms with E-state index < -0.39 is 5.54 Å². The smallest absolute Gasteiger partial charge is 0.242 e. The van der Waals surface area contributed by atoms with Gasteiger partial charge in [-0.25, -0.2) is 0 Å². The first-order chi connectivity index (χ1) is 9.95. The molecule has 2 rings (SSSR count). The van der Waals surface area contributed by atoms with Crippen LogP contribution in [0.5, 0.6) is 0 Å². The summed E-state index contributed by atoms with van der Waals surface area (Å²) in [6.07, 6.45) is 3.80. The van der Waals surface area contributed by atoms with Gasteiger partial charge in [0.05, 0.1) is 5.54 Å². The van der Waals surface area contributed by atoms with Crippen molar-refractivity contribution in [2.24, 2.45) is 11.7 Å². The number of carbonyl (C=O) groups excluding carboxylic acids is 1. The van der Waals surface area contributed by atoms with Crippen LogP contribution in [-0.4, -0.2) is 28.9 Å². The first-order valence-corrected chi connectivity index (χ1v) is 8.09. The second-order valence-corrected chi connectivity index (χ2v) is 6.65. The van der Waals surface area contributed by atoms with Crippen molar-refractivity contribution >= 4 is 5.91 Å². The molecule has 1 aromatic carbocycles. The molecule has 3 heteroatoms. The zero-order chi connectivity index (χ0) is 15.5. The highest BCUT2D eigenvalue weighted by atomic mass is 16.2. The molecule has 3 atom stereocenters. The zero-order valence-corrected chi connectivity index (χ0v) is 13.5. The van der Waals surface area contributed by atoms with Gasteiger partial charge in [-0.05, 0) is 44.6 Å². The molecule has 1 heterocycles. The van der Waals surface area contributed by atoms with Crippen molar-refractivity contribution in [1.29, 1.82) is 0 Å². The van der Waals surface area contributed by atoms with Crippen LogP contribution in [0.4, 0.5) is 0 Å². The van der Waals surface area contributed by atoms with Gasteiger partial charge in [0, 0.05) is 12.6 Å². The van der Waals surface area contributed by atoms with Gasteiger partial charge in [0.25, 0.3) is 0 Å². The molecule has 3 unspecified atom stereocenters. The highest BCUT2D eigenvalue weighted by Crippen LogP contribution is 2.29. The van der Waals surface area contributed by atoms with Crippen LogP contribution in [0.1, 0.15) is 45.6 Å². The summed E-state index contributed by atoms with van der Waals surface area (Å²) in [6.45, 7) is 6.95. The first kappa shape index (κ1) is 16.0. The third-order valence-corrected chi connectivity index (χ3v) is 4.77. The number of nitrogens with zero attached hydrogens (tertiary/aromatic N) is 1. The van der Waals surface area contributed by atoms with Gasteiger partial charge in [-0.1, -0.05) is 43.7 Å². The highest BCUT2D eigenvalue weighted by Gasteiger charge is 2.39. The van der Waals surface area contributed by atoms with Crippen LogP contribution in [0.25, 0.3) is 0 Å². The number of hydrogen-bond acceptors (Lipinski definition) is 2. The number of benzene rings is 1. The molecular weight excluding hydrogens is 260 g/mol. The predicted molar refractivity (Wildman–Crippen MR) is 86.9 cm³/mol. The van der Waals surface area contributed by atoms with E-state index in [1.807, 2.05) is 17.9 Å². The topological polar surface area (TPSA) is 46.3 Å². The first-order valence-electron chi connectivity index (χ1n) is 8.09. The maximum absolute atomic E-state index is 12.7. The summed E-state index contributed by atoms with van der Waals surface area (Å²) in [6, 6.07) is 10.8. The van der Waals surface area contributed by atoms with Crippen molar-refractivity contribution in [3.05, 3.63) is 35.9 Å². The summed E-state index contributed by atoms with van der Waals surface area (Å²) >= 11 is 0. The minimum Gasteiger partial charge on any atom is -0.338 e. The molecule has 0 spiro atoms. The minimum absolute atomic E-state index is 0.118. The Balaban J connectivity index is 2.01. The molecule has 0 radical (unpaired) electrons. The van der Waals surface area contributed by atoms with Gasteiger partial charge in [-0.15, -0.1) is 0 Å². The van der Waals surface area contributed by atoms with E-state index in [4.69, 9.17) is 5.73 Å². The number of rotatable bonds is 5. The summed E-state index contributed by atoms with van der Waals surface area (Å²) in [7, 11) is 0. The van der Waals surface area contributed by atoms with Crippen molar-refractivity contribution in [3.8, 4) is 0 Å². The van der Waals surface area contributed by atoms with Gasteiger partial charge >= 0.3 is 0 Å². The Labute approximate surface area is 128 Å². The molecule has 21 heavy (non-hydrogen) atoms. The number of nitrogens with two attached hydrogens (primary N) is 1. The maximum atomic E-state index is 12.7. The summed E-state index contributed by atoms with van der Waals surface area (Å²) < 4.78 is 0. The molecule has 116 valence electrons. The SMILES string of the molecule is CCCC(C)(N)C(=O)N1CCC(Cc2ccccc2)C1C. The molecule has 1 aliphatic rings. The summed E-state index contributed by atoms with van der Waals surface area (Å²) in [5, 5.41) is 0. The monoisotopic (exact) mass is 288 g/mol. The van der Waals surface area contributed by atoms with E-state index in [0.29, 0.717) is 5.92 Å². The van der Waals surface area contributed by atoms with Crippen LogP contribution in [0.2, 0.25) is 0 Å². The number of amides is 1. The Bertz CT molecular complexity index is 469. The standard InChI is InChI=1S/C18H28N2O/c1-4-11-18(3,19)17(21)20-12-10-16(14(20)2)13-15-8-6-5-7-9-15/h5-9,14,16H,4,10-13,19H2,1-3H3. The van der Waals surface area contributed by atoms with Crippen LogP contribution in [0.15, 0.2) is 30.3 Å². The molecule has 2 N–H and O–H groups in total. The van der Waals surface area contributed by atoms with Gasteiger partial charge in [0.15, 0.2) is 0 Å². The summed E-state index contributed by atoms with van der Waals surface area (Å²) in [4.78, 5) is 14.7. The zero-order valence-electron chi connectivity index (χ0n) is 13.5. The largest absolute Gasteiger partial charge is 0.338 e. The number of carbonyl (C=O) groups is 1. The van der Waals surface area contributed by atoms with Crippen LogP contribution >= 0.6 is 0 Å². The average Bonchev–Trinajstić information content (AvgIpc) is 2.80. The Morgan fingerprint density at radius 2 is 2.05 bits per heavy atom. The van der Waals surface area contributed by atoms with Crippen molar-refractivity contribution in [2.75, 3.05) is 6.54 Å². The molecule has 3 nitrogen and oxygen atoms in total. The van der Waals surface area contributed by atoms with Crippen LogP contribution in [0, 0.1) is 5.92 Å². The third kappa shape index (κ3) is 3.65. The molecule has 0 bridgehead atoms. The lowest BCUT2D eigenvalue weighted by molar-refractivity contribution is -0.137. The average molecular weight is 288 g/mol. The highest BCUT2D eigenvalue weighted by molar-refractivity contribution is 5.86. The Morgan fingerprint density at radius 3 is 2.67 bits per heavy atom. The van der Waals surface area contributed by atoms with E-state index in [9.17, 15) is 4.79 Å². The van der Waals surface area contributed by atoms with Crippen LogP contribution < -0.4 is 5.73 Å². The Morgan fingerprint density at radius 1 is 1.38 bits per heavy atom. The van der Waals surface area contributed by atoms with E-state index >= 15 is 0 Å². The lowest BCUT2D eigenvalue weighted by atomic mass is 9.92. The van der Waals surface area contributed by atoms with Gasteiger partial charge in [-0.3, -0.25) is 4.79 Å². The fourth-order valence-electron chi connectivity index (χ4n) is 3.43. The molecule has 1 saturated heterocycles. The fraction of sp³-hybridized carbons (Fsp3) is 0.611. The minimum atomic E-state index is -0.718. The van der Waals surface area contributed by atoms with Gasteiger partial charge in [0.2, 0.25) is 5.91 Å². The normalized spacial score (nSPS) is 24.9. The van der Waals surface area contributed by atoms with Crippen molar-refractivity contribution in [2.45, 2.75) is 58.0 Å². The van der Waals surface area contributed by atoms with Gasteiger partial charge in [-0.2, -0.15) is 0 Å². The predicted octanol–water partition coefficient (Wildman–Crippen LogP) is 2.98. The molecule has 1 aliphatic heterocycles. The molecule has 0 saturated carbocycles. The summed E-state index contributed by atoms with van der Waals surface area (Å²) in [5.41, 5.74) is 6.86. The van der Waals surface area contributed by atoms with E-state index in [2.05, 4.69) is 38.1 Å². The molecular formula is C18H28N2O. The van der Waals surface area contributed by atoms with Gasteiger partial charge in [0.1, 0.15) is 0 Å². The molecule has 0 aliphatic carbocycles. The second kappa shape index (κ2) is 6.61. The van der Waals surface area contributed by atoms with Gasteiger partial charge < -0.3 is 10.6 Å². The van der Waals surface area contributed by atoms with Crippen molar-refractivity contribution < 1.29 is 4.79 Å². The molecule has 1 fully saturated rings. The molecule has 1 aromatic rings. The van der Waals surface area contributed by atoms with Crippen LogP contribution in [-0.2, 0) is 11.2 Å². The van der Waals surface area contributed by atoms with E-state index in [0.717, 1.165) is 32.2 Å². The number of likely N-dealkylation sites (tertiary alicyclic amines) is 1. The van der Waals surface area contributed by atoms with E-state index in [1.165, 1.54) is 5.56 Å². The maximum Gasteiger partial charge on any atom is 0.242 e. The van der Waals surface area contributed by atoms with E-state index in [1.54, 1.807) is 0 Å². The Hall–Kier alpha value is -1.35. The summed E-state index contributed by atoms with van der Waals surface area (Å²) in [5.74, 6) is 0.654. The third-order valence-electron chi connectivity index (χ3n) is 4.77. The van der Waals surface area contributed by atoms with Crippen molar-refractivity contribution in [3.63, 3.8) is 0 Å². The quantitative estimate of drug-likeness (QED) is 0.905. The van der Waals surface area contributed by atoms with E-state index in [-0.39, 0.29) is 11.9 Å².